The Morgan fingerprint density at radius 3 is 2.38 bits per heavy atom. The number of hydrogen-bond acceptors (Lipinski definition) is 5. The molecule has 5 heteroatoms. The van der Waals surface area contributed by atoms with Gasteiger partial charge in [0.15, 0.2) is 5.76 Å². The van der Waals surface area contributed by atoms with Gasteiger partial charge >= 0.3 is 0 Å². The number of fused-ring (bicyclic) bond motifs is 3. The molecule has 5 nitrogen and oxygen atoms in total. The number of ether oxygens (including phenoxy) is 1. The molecule has 0 aliphatic rings. The van der Waals surface area contributed by atoms with Gasteiger partial charge in [-0.15, -0.1) is 0 Å². The third kappa shape index (κ3) is 2.48. The molecule has 26 heavy (non-hydrogen) atoms. The molecule has 0 aliphatic carbocycles. The molecular weight excluding hydrogens is 332 g/mol. The van der Waals surface area contributed by atoms with Gasteiger partial charge in [-0.25, -0.2) is 0 Å². The van der Waals surface area contributed by atoms with Crippen LogP contribution in [0, 0.1) is 0 Å². The minimum atomic E-state index is -1.14. The highest BCUT2D eigenvalue weighted by atomic mass is 16.5. The summed E-state index contributed by atoms with van der Waals surface area (Å²) >= 11 is 0. The highest BCUT2D eigenvalue weighted by Crippen LogP contribution is 2.36. The molecule has 0 unspecified atom stereocenters. The standard InChI is InChI=1S/C21H18O5/c1-21(2,23)16-11-14-15(25-16)10-9-13-17(22)20(24-3)18(26-19(13)14)12-7-5-4-6-8-12/h4-11,23H,1-3H3. The van der Waals surface area contributed by atoms with Gasteiger partial charge in [-0.05, 0) is 32.0 Å². The Kier molecular flexibility index (Phi) is 3.63. The van der Waals surface area contributed by atoms with Crippen molar-refractivity contribution in [1.29, 1.82) is 0 Å². The van der Waals surface area contributed by atoms with Crippen molar-refractivity contribution in [1.82, 2.24) is 0 Å². The highest BCUT2D eigenvalue weighted by Gasteiger charge is 2.24. The van der Waals surface area contributed by atoms with E-state index in [0.29, 0.717) is 33.5 Å². The molecule has 0 radical (unpaired) electrons. The van der Waals surface area contributed by atoms with Crippen LogP contribution >= 0.6 is 0 Å². The van der Waals surface area contributed by atoms with Gasteiger partial charge in [0, 0.05) is 5.56 Å². The average Bonchev–Trinajstić information content (AvgIpc) is 3.07. The van der Waals surface area contributed by atoms with Crippen LogP contribution in [0.5, 0.6) is 5.75 Å². The van der Waals surface area contributed by atoms with E-state index in [9.17, 15) is 9.90 Å². The molecule has 0 saturated carbocycles. The Hall–Kier alpha value is -3.05. The first-order valence-corrected chi connectivity index (χ1v) is 8.26. The minimum absolute atomic E-state index is 0.161. The largest absolute Gasteiger partial charge is 0.490 e. The molecule has 0 bridgehead atoms. The van der Waals surface area contributed by atoms with E-state index < -0.39 is 5.60 Å². The Labute approximate surface area is 149 Å². The van der Waals surface area contributed by atoms with Gasteiger partial charge in [-0.1, -0.05) is 30.3 Å². The van der Waals surface area contributed by atoms with Crippen LogP contribution in [0.15, 0.2) is 62.2 Å². The number of hydrogen-bond donors (Lipinski definition) is 1. The maximum atomic E-state index is 12.9. The van der Waals surface area contributed by atoms with Crippen LogP contribution in [-0.2, 0) is 5.60 Å². The molecule has 2 aromatic heterocycles. The lowest BCUT2D eigenvalue weighted by Gasteiger charge is -2.12. The third-order valence-corrected chi connectivity index (χ3v) is 4.36. The summed E-state index contributed by atoms with van der Waals surface area (Å²) in [6, 6.07) is 14.4. The van der Waals surface area contributed by atoms with Gasteiger partial charge in [-0.2, -0.15) is 0 Å². The fourth-order valence-electron chi connectivity index (χ4n) is 3.02. The zero-order valence-electron chi connectivity index (χ0n) is 14.7. The van der Waals surface area contributed by atoms with Gasteiger partial charge < -0.3 is 18.7 Å². The summed E-state index contributed by atoms with van der Waals surface area (Å²) in [6.07, 6.45) is 0. The zero-order valence-corrected chi connectivity index (χ0v) is 14.7. The number of aliphatic hydroxyl groups is 1. The van der Waals surface area contributed by atoms with E-state index >= 15 is 0 Å². The normalized spacial score (nSPS) is 12.0. The minimum Gasteiger partial charge on any atom is -0.490 e. The molecule has 4 aromatic rings. The first kappa shape index (κ1) is 16.4. The molecule has 4 rings (SSSR count). The van der Waals surface area contributed by atoms with Gasteiger partial charge in [0.2, 0.25) is 11.2 Å². The molecular formula is C21H18O5. The summed E-state index contributed by atoms with van der Waals surface area (Å²) < 4.78 is 17.2. The quantitative estimate of drug-likeness (QED) is 0.591. The topological polar surface area (TPSA) is 72.8 Å². The number of methoxy groups -OCH3 is 1. The van der Waals surface area contributed by atoms with Crippen LogP contribution in [0.25, 0.3) is 33.3 Å². The van der Waals surface area contributed by atoms with Crippen molar-refractivity contribution in [2.24, 2.45) is 0 Å². The molecule has 2 aromatic carbocycles. The third-order valence-electron chi connectivity index (χ3n) is 4.36. The molecule has 0 atom stereocenters. The highest BCUT2D eigenvalue weighted by molar-refractivity contribution is 6.03. The Balaban J connectivity index is 2.11. The van der Waals surface area contributed by atoms with Crippen molar-refractivity contribution < 1.29 is 18.7 Å². The Bertz CT molecular complexity index is 1160. The fraction of sp³-hybridized carbons (Fsp3) is 0.190. The van der Waals surface area contributed by atoms with Crippen molar-refractivity contribution in [2.45, 2.75) is 19.4 Å². The Morgan fingerprint density at radius 2 is 1.73 bits per heavy atom. The zero-order chi connectivity index (χ0) is 18.5. The predicted octanol–water partition coefficient (Wildman–Crippen LogP) is 4.44. The number of furan rings is 1. The monoisotopic (exact) mass is 350 g/mol. The molecule has 132 valence electrons. The molecule has 1 N–H and O–H groups in total. The van der Waals surface area contributed by atoms with Crippen LogP contribution in [0.4, 0.5) is 0 Å². The van der Waals surface area contributed by atoms with Gasteiger partial charge in [0.05, 0.1) is 17.9 Å². The lowest BCUT2D eigenvalue weighted by molar-refractivity contribution is 0.0559. The summed E-state index contributed by atoms with van der Waals surface area (Å²) in [5.41, 5.74) is 0.306. The summed E-state index contributed by atoms with van der Waals surface area (Å²) in [5.74, 6) is 0.929. The first-order valence-electron chi connectivity index (χ1n) is 8.26. The molecule has 0 amide bonds. The molecule has 2 heterocycles. The van der Waals surface area contributed by atoms with E-state index in [1.165, 1.54) is 7.11 Å². The molecule has 0 aliphatic heterocycles. The van der Waals surface area contributed by atoms with Gasteiger partial charge in [-0.3, -0.25) is 4.79 Å². The lowest BCUT2D eigenvalue weighted by atomic mass is 10.1. The maximum absolute atomic E-state index is 12.9. The summed E-state index contributed by atoms with van der Waals surface area (Å²) in [7, 11) is 1.45. The van der Waals surface area contributed by atoms with Gasteiger partial charge in [0.25, 0.3) is 0 Å². The van der Waals surface area contributed by atoms with Crippen molar-refractivity contribution in [3.05, 3.63) is 64.5 Å². The molecule has 0 saturated heterocycles. The van der Waals surface area contributed by atoms with Crippen LogP contribution in [0.2, 0.25) is 0 Å². The van der Waals surface area contributed by atoms with E-state index in [4.69, 9.17) is 13.6 Å². The summed E-state index contributed by atoms with van der Waals surface area (Å²) in [4.78, 5) is 12.9. The maximum Gasteiger partial charge on any atom is 0.235 e. The van der Waals surface area contributed by atoms with Crippen molar-refractivity contribution in [3.63, 3.8) is 0 Å². The van der Waals surface area contributed by atoms with Crippen LogP contribution in [0.1, 0.15) is 19.6 Å². The van der Waals surface area contributed by atoms with E-state index in [2.05, 4.69) is 0 Å². The smallest absolute Gasteiger partial charge is 0.235 e. The average molecular weight is 350 g/mol. The SMILES string of the molecule is COc1c(-c2ccccc2)oc2c(ccc3oc(C(C)(C)O)cc32)c1=O. The van der Waals surface area contributed by atoms with E-state index in [1.807, 2.05) is 30.3 Å². The van der Waals surface area contributed by atoms with Crippen molar-refractivity contribution >= 4 is 21.9 Å². The summed E-state index contributed by atoms with van der Waals surface area (Å²) in [5, 5.41) is 11.3. The number of benzene rings is 2. The second kappa shape index (κ2) is 5.75. The van der Waals surface area contributed by atoms with E-state index in [-0.39, 0.29) is 11.2 Å². The predicted molar refractivity (Wildman–Crippen MR) is 99.5 cm³/mol. The lowest BCUT2D eigenvalue weighted by Crippen LogP contribution is -2.13. The van der Waals surface area contributed by atoms with Crippen molar-refractivity contribution in [3.8, 4) is 17.1 Å². The van der Waals surface area contributed by atoms with E-state index in [1.54, 1.807) is 32.0 Å². The first-order chi connectivity index (χ1) is 12.4. The molecule has 0 spiro atoms. The number of rotatable bonds is 3. The Morgan fingerprint density at radius 1 is 1.00 bits per heavy atom. The van der Waals surface area contributed by atoms with E-state index in [0.717, 1.165) is 5.56 Å². The summed E-state index contributed by atoms with van der Waals surface area (Å²) in [6.45, 7) is 3.28. The fourth-order valence-corrected chi connectivity index (χ4v) is 3.02. The van der Waals surface area contributed by atoms with Crippen molar-refractivity contribution in [2.75, 3.05) is 7.11 Å². The van der Waals surface area contributed by atoms with Crippen LogP contribution < -0.4 is 10.2 Å². The second-order valence-corrected chi connectivity index (χ2v) is 6.68. The van der Waals surface area contributed by atoms with Crippen LogP contribution in [-0.4, -0.2) is 12.2 Å². The van der Waals surface area contributed by atoms with Gasteiger partial charge in [0.1, 0.15) is 22.5 Å². The second-order valence-electron chi connectivity index (χ2n) is 6.68. The molecule has 0 fully saturated rings. The van der Waals surface area contributed by atoms with Crippen LogP contribution in [0.3, 0.4) is 0 Å².